The van der Waals surface area contributed by atoms with Gasteiger partial charge in [-0.15, -0.1) is 0 Å². The van der Waals surface area contributed by atoms with Gasteiger partial charge in [0.25, 0.3) is 0 Å². The van der Waals surface area contributed by atoms with Crippen LogP contribution >= 0.6 is 11.8 Å². The van der Waals surface area contributed by atoms with Crippen molar-refractivity contribution >= 4 is 11.8 Å². The van der Waals surface area contributed by atoms with E-state index in [0.717, 1.165) is 12.5 Å². The normalized spacial score (nSPS) is 40.4. The highest BCUT2D eigenvalue weighted by Gasteiger charge is 2.42. The largest absolute Gasteiger partial charge is 0.329 e. The molecule has 1 aliphatic heterocycles. The van der Waals surface area contributed by atoms with E-state index in [1.165, 1.54) is 50.2 Å². The Kier molecular flexibility index (Phi) is 4.79. The molecule has 2 N–H and O–H groups in total. The summed E-state index contributed by atoms with van der Waals surface area (Å²) in [5, 5.41) is 0. The zero-order chi connectivity index (χ0) is 12.3. The monoisotopic (exact) mass is 256 g/mol. The second-order valence-electron chi connectivity index (χ2n) is 5.92. The van der Waals surface area contributed by atoms with Crippen molar-refractivity contribution in [1.29, 1.82) is 0 Å². The number of hydrogen-bond donors (Lipinski definition) is 1. The molecule has 2 rings (SSSR count). The third-order valence-corrected chi connectivity index (χ3v) is 6.05. The maximum absolute atomic E-state index is 6.20. The van der Waals surface area contributed by atoms with E-state index in [4.69, 9.17) is 5.73 Å². The lowest BCUT2D eigenvalue weighted by atomic mass is 9.73. The molecule has 1 saturated heterocycles. The van der Waals surface area contributed by atoms with Gasteiger partial charge in [0.2, 0.25) is 0 Å². The number of nitrogens with zero attached hydrogens (tertiary/aromatic N) is 1. The third kappa shape index (κ3) is 2.82. The van der Waals surface area contributed by atoms with Gasteiger partial charge in [-0.1, -0.05) is 26.2 Å². The van der Waals surface area contributed by atoms with Crippen LogP contribution in [0, 0.1) is 5.92 Å². The van der Waals surface area contributed by atoms with Crippen LogP contribution in [0.5, 0.6) is 0 Å². The molecule has 0 radical (unpaired) electrons. The van der Waals surface area contributed by atoms with E-state index >= 15 is 0 Å². The molecule has 0 aromatic rings. The van der Waals surface area contributed by atoms with Crippen molar-refractivity contribution in [2.75, 3.05) is 24.6 Å². The Balaban J connectivity index is 2.11. The minimum Gasteiger partial charge on any atom is -0.329 e. The van der Waals surface area contributed by atoms with Crippen molar-refractivity contribution in [3.63, 3.8) is 0 Å². The summed E-state index contributed by atoms with van der Waals surface area (Å²) in [5.74, 6) is 3.50. The van der Waals surface area contributed by atoms with E-state index < -0.39 is 0 Å². The van der Waals surface area contributed by atoms with Crippen LogP contribution in [0.4, 0.5) is 0 Å². The third-order valence-electron chi connectivity index (χ3n) is 4.86. The van der Waals surface area contributed by atoms with Crippen molar-refractivity contribution in [1.82, 2.24) is 4.90 Å². The van der Waals surface area contributed by atoms with Gasteiger partial charge in [0.1, 0.15) is 0 Å². The summed E-state index contributed by atoms with van der Waals surface area (Å²) in [6.45, 7) is 6.84. The molecule has 2 aliphatic rings. The molecule has 3 atom stereocenters. The summed E-state index contributed by atoms with van der Waals surface area (Å²) in [5.41, 5.74) is 6.53. The van der Waals surface area contributed by atoms with E-state index in [1.807, 2.05) is 0 Å². The highest BCUT2D eigenvalue weighted by Crippen LogP contribution is 2.40. The minimum atomic E-state index is 0.333. The number of nitrogens with two attached hydrogens (primary N) is 1. The summed E-state index contributed by atoms with van der Waals surface area (Å²) in [6.07, 6.45) is 6.81. The molecule has 0 aromatic heterocycles. The number of thioether (sulfide) groups is 1. The fourth-order valence-corrected chi connectivity index (χ4v) is 4.82. The van der Waals surface area contributed by atoms with Crippen LogP contribution in [0.2, 0.25) is 0 Å². The molecule has 3 unspecified atom stereocenters. The van der Waals surface area contributed by atoms with Crippen LogP contribution < -0.4 is 5.73 Å². The average Bonchev–Trinajstić information content (AvgIpc) is 2.39. The molecule has 2 nitrogen and oxygen atoms in total. The maximum Gasteiger partial charge on any atom is 0.0337 e. The molecule has 1 saturated carbocycles. The van der Waals surface area contributed by atoms with E-state index in [-0.39, 0.29) is 0 Å². The SMILES string of the molecule is CCC1CCCC(CN)(N2CCSCC2C)C1. The van der Waals surface area contributed by atoms with E-state index in [1.54, 1.807) is 0 Å². The van der Waals surface area contributed by atoms with Gasteiger partial charge >= 0.3 is 0 Å². The predicted molar refractivity (Wildman–Crippen MR) is 77.5 cm³/mol. The Labute approximate surface area is 111 Å². The van der Waals surface area contributed by atoms with Crippen molar-refractivity contribution in [3.05, 3.63) is 0 Å². The molecular formula is C14H28N2S. The van der Waals surface area contributed by atoms with Crippen molar-refractivity contribution in [2.24, 2.45) is 11.7 Å². The first-order valence-electron chi connectivity index (χ1n) is 7.26. The summed E-state index contributed by atoms with van der Waals surface area (Å²) < 4.78 is 0. The highest BCUT2D eigenvalue weighted by atomic mass is 32.2. The topological polar surface area (TPSA) is 29.3 Å². The standard InChI is InChI=1S/C14H28N2S/c1-3-13-5-4-6-14(9-13,11-15)16-7-8-17-10-12(16)2/h12-13H,3-11,15H2,1-2H3. The van der Waals surface area contributed by atoms with Crippen LogP contribution in [0.25, 0.3) is 0 Å². The van der Waals surface area contributed by atoms with Gasteiger partial charge < -0.3 is 5.73 Å². The van der Waals surface area contributed by atoms with E-state index in [2.05, 4.69) is 30.5 Å². The van der Waals surface area contributed by atoms with Crippen LogP contribution in [0.15, 0.2) is 0 Å². The molecule has 0 aromatic carbocycles. The summed E-state index contributed by atoms with van der Waals surface area (Å²) in [6, 6.07) is 0.716. The lowest BCUT2D eigenvalue weighted by molar-refractivity contribution is 0.0153. The predicted octanol–water partition coefficient (Wildman–Crippen LogP) is 2.72. The van der Waals surface area contributed by atoms with E-state index in [0.29, 0.717) is 11.6 Å². The first kappa shape index (κ1) is 13.7. The molecule has 1 heterocycles. The minimum absolute atomic E-state index is 0.333. The van der Waals surface area contributed by atoms with Crippen molar-refractivity contribution < 1.29 is 0 Å². The zero-order valence-electron chi connectivity index (χ0n) is 11.5. The second kappa shape index (κ2) is 5.94. The van der Waals surface area contributed by atoms with Crippen molar-refractivity contribution in [3.8, 4) is 0 Å². The van der Waals surface area contributed by atoms with Gasteiger partial charge in [-0.2, -0.15) is 11.8 Å². The Hall–Kier alpha value is 0.270. The molecule has 0 amide bonds. The Morgan fingerprint density at radius 2 is 2.29 bits per heavy atom. The summed E-state index contributed by atoms with van der Waals surface area (Å²) in [4.78, 5) is 2.76. The molecule has 3 heteroatoms. The quantitative estimate of drug-likeness (QED) is 0.842. The second-order valence-corrected chi connectivity index (χ2v) is 7.07. The van der Waals surface area contributed by atoms with Crippen LogP contribution in [-0.4, -0.2) is 41.1 Å². The fourth-order valence-electron chi connectivity index (χ4n) is 3.81. The summed E-state index contributed by atoms with van der Waals surface area (Å²) >= 11 is 2.10. The van der Waals surface area contributed by atoms with Gasteiger partial charge in [0.05, 0.1) is 0 Å². The molecule has 0 spiro atoms. The average molecular weight is 256 g/mol. The number of rotatable bonds is 3. The fraction of sp³-hybridized carbons (Fsp3) is 1.00. The molecule has 0 bridgehead atoms. The van der Waals surface area contributed by atoms with E-state index in [9.17, 15) is 0 Å². The first-order valence-corrected chi connectivity index (χ1v) is 8.42. The molecular weight excluding hydrogens is 228 g/mol. The Bertz CT molecular complexity index is 246. The van der Waals surface area contributed by atoms with Gasteiger partial charge in [-0.05, 0) is 25.7 Å². The van der Waals surface area contributed by atoms with Gasteiger partial charge in [0, 0.05) is 36.2 Å². The van der Waals surface area contributed by atoms with Gasteiger partial charge in [0.15, 0.2) is 0 Å². The maximum atomic E-state index is 6.20. The summed E-state index contributed by atoms with van der Waals surface area (Å²) in [7, 11) is 0. The van der Waals surface area contributed by atoms with Crippen LogP contribution in [-0.2, 0) is 0 Å². The van der Waals surface area contributed by atoms with Crippen LogP contribution in [0.1, 0.15) is 46.0 Å². The first-order chi connectivity index (χ1) is 8.22. The van der Waals surface area contributed by atoms with Gasteiger partial charge in [-0.25, -0.2) is 0 Å². The molecule has 2 fully saturated rings. The zero-order valence-corrected chi connectivity index (χ0v) is 12.3. The molecule has 17 heavy (non-hydrogen) atoms. The smallest absolute Gasteiger partial charge is 0.0337 e. The lowest BCUT2D eigenvalue weighted by Gasteiger charge is -2.52. The molecule has 100 valence electrons. The Morgan fingerprint density at radius 1 is 1.47 bits per heavy atom. The van der Waals surface area contributed by atoms with Crippen molar-refractivity contribution in [2.45, 2.75) is 57.5 Å². The highest BCUT2D eigenvalue weighted by molar-refractivity contribution is 7.99. The van der Waals surface area contributed by atoms with Crippen LogP contribution in [0.3, 0.4) is 0 Å². The lowest BCUT2D eigenvalue weighted by Crippen LogP contribution is -2.61. The van der Waals surface area contributed by atoms with Gasteiger partial charge in [-0.3, -0.25) is 4.90 Å². The Morgan fingerprint density at radius 3 is 2.94 bits per heavy atom. The number of hydrogen-bond acceptors (Lipinski definition) is 3. The molecule has 1 aliphatic carbocycles.